The van der Waals surface area contributed by atoms with Crippen molar-refractivity contribution in [2.24, 2.45) is 5.92 Å². The van der Waals surface area contributed by atoms with Gasteiger partial charge in [-0.1, -0.05) is 30.3 Å². The van der Waals surface area contributed by atoms with Crippen LogP contribution in [0.4, 0.5) is 0 Å². The fourth-order valence-corrected chi connectivity index (χ4v) is 3.34. The molecule has 0 bridgehead atoms. The molecule has 1 aromatic rings. The van der Waals surface area contributed by atoms with E-state index >= 15 is 0 Å². The predicted molar refractivity (Wildman–Crippen MR) is 76.0 cm³/mol. The van der Waals surface area contributed by atoms with Crippen LogP contribution in [0.25, 0.3) is 0 Å². The number of benzene rings is 1. The summed E-state index contributed by atoms with van der Waals surface area (Å²) in [6.45, 7) is 7.53. The first-order valence-corrected chi connectivity index (χ1v) is 6.96. The number of hydrogen-bond donors (Lipinski definition) is 1. The molecule has 1 saturated heterocycles. The van der Waals surface area contributed by atoms with Crippen molar-refractivity contribution < 1.29 is 9.90 Å². The maximum atomic E-state index is 11.0. The van der Waals surface area contributed by atoms with Crippen molar-refractivity contribution in [3.05, 3.63) is 35.9 Å². The van der Waals surface area contributed by atoms with Crippen molar-refractivity contribution in [3.8, 4) is 0 Å². The van der Waals surface area contributed by atoms with Crippen LogP contribution in [0.2, 0.25) is 0 Å². The van der Waals surface area contributed by atoms with Crippen molar-refractivity contribution in [2.45, 2.75) is 45.2 Å². The number of nitrogens with zero attached hydrogens (tertiary/aromatic N) is 1. The predicted octanol–water partition coefficient (Wildman–Crippen LogP) is 3.32. The van der Waals surface area contributed by atoms with Gasteiger partial charge in [0.25, 0.3) is 0 Å². The topological polar surface area (TPSA) is 40.5 Å². The van der Waals surface area contributed by atoms with Crippen LogP contribution in [0, 0.1) is 5.92 Å². The van der Waals surface area contributed by atoms with Gasteiger partial charge in [0.1, 0.15) is 0 Å². The van der Waals surface area contributed by atoms with Gasteiger partial charge in [0.15, 0.2) is 0 Å². The summed E-state index contributed by atoms with van der Waals surface area (Å²) in [6.07, 6.45) is 1.24. The smallest absolute Gasteiger partial charge is 0.303 e. The van der Waals surface area contributed by atoms with E-state index in [9.17, 15) is 4.79 Å². The lowest BCUT2D eigenvalue weighted by Crippen LogP contribution is -2.44. The third-order valence-corrected chi connectivity index (χ3v) is 4.63. The molecule has 1 aliphatic heterocycles. The summed E-state index contributed by atoms with van der Waals surface area (Å²) in [5.74, 6) is -0.455. The van der Waals surface area contributed by atoms with Crippen LogP contribution < -0.4 is 0 Å². The number of carboxylic acid groups (broad SMARTS) is 1. The Morgan fingerprint density at radius 1 is 1.42 bits per heavy atom. The summed E-state index contributed by atoms with van der Waals surface area (Å²) in [7, 11) is 0. The minimum absolute atomic E-state index is 0.0619. The Kier molecular flexibility index (Phi) is 3.95. The maximum absolute atomic E-state index is 11.0. The minimum atomic E-state index is -0.688. The summed E-state index contributed by atoms with van der Waals surface area (Å²) >= 11 is 0. The molecule has 2 unspecified atom stereocenters. The van der Waals surface area contributed by atoms with Gasteiger partial charge in [0.2, 0.25) is 0 Å². The summed E-state index contributed by atoms with van der Waals surface area (Å²) in [5, 5.41) is 9.03. The molecule has 1 heterocycles. The fourth-order valence-electron chi connectivity index (χ4n) is 3.34. The highest BCUT2D eigenvalue weighted by Gasteiger charge is 2.44. The molecule has 1 aliphatic rings. The Hall–Kier alpha value is -1.35. The zero-order chi connectivity index (χ0) is 14.0. The Balaban J connectivity index is 2.16. The second kappa shape index (κ2) is 5.33. The first-order valence-electron chi connectivity index (χ1n) is 6.96. The van der Waals surface area contributed by atoms with E-state index in [1.54, 1.807) is 0 Å². The van der Waals surface area contributed by atoms with Gasteiger partial charge in [-0.2, -0.15) is 0 Å². The van der Waals surface area contributed by atoms with E-state index in [1.165, 1.54) is 5.56 Å². The zero-order valence-corrected chi connectivity index (χ0v) is 12.0. The first-order chi connectivity index (χ1) is 8.93. The molecule has 3 heteroatoms. The molecule has 1 N–H and O–H groups in total. The number of carboxylic acids is 1. The number of carbonyl (C=O) groups is 1. The largest absolute Gasteiger partial charge is 0.481 e. The van der Waals surface area contributed by atoms with Gasteiger partial charge in [-0.25, -0.2) is 0 Å². The summed E-state index contributed by atoms with van der Waals surface area (Å²) in [6, 6.07) is 10.8. The SMILES string of the molecule is CC(c1ccccc1)N1CCC(CC(=O)O)C1(C)C. The van der Waals surface area contributed by atoms with Crippen molar-refractivity contribution >= 4 is 5.97 Å². The molecule has 104 valence electrons. The second-order valence-corrected chi connectivity index (χ2v) is 6.02. The molecule has 2 atom stereocenters. The molecule has 1 aromatic carbocycles. The Bertz CT molecular complexity index is 441. The Labute approximate surface area is 115 Å². The molecular weight excluding hydrogens is 238 g/mol. The van der Waals surface area contributed by atoms with Crippen LogP contribution in [0.15, 0.2) is 30.3 Å². The van der Waals surface area contributed by atoms with Crippen molar-refractivity contribution in [1.82, 2.24) is 4.90 Å². The lowest BCUT2D eigenvalue weighted by Gasteiger charge is -2.40. The van der Waals surface area contributed by atoms with Crippen LogP contribution in [0.5, 0.6) is 0 Å². The molecule has 19 heavy (non-hydrogen) atoms. The van der Waals surface area contributed by atoms with E-state index in [4.69, 9.17) is 5.11 Å². The van der Waals surface area contributed by atoms with Crippen LogP contribution >= 0.6 is 0 Å². The highest BCUT2D eigenvalue weighted by Crippen LogP contribution is 2.41. The van der Waals surface area contributed by atoms with E-state index in [2.05, 4.69) is 49.9 Å². The number of aliphatic carboxylic acids is 1. The molecule has 2 rings (SSSR count). The van der Waals surface area contributed by atoms with E-state index in [-0.39, 0.29) is 17.9 Å². The summed E-state index contributed by atoms with van der Waals surface area (Å²) in [4.78, 5) is 13.4. The average Bonchev–Trinajstić information content (AvgIpc) is 2.65. The Morgan fingerprint density at radius 2 is 2.05 bits per heavy atom. The number of rotatable bonds is 4. The van der Waals surface area contributed by atoms with E-state index < -0.39 is 5.97 Å². The standard InChI is InChI=1S/C16H23NO2/c1-12(13-7-5-4-6-8-13)17-10-9-14(11-15(18)19)16(17,2)3/h4-8,12,14H,9-11H2,1-3H3,(H,18,19). The third kappa shape index (κ3) is 2.81. The van der Waals surface area contributed by atoms with Crippen LogP contribution in [-0.4, -0.2) is 28.1 Å². The molecule has 0 aliphatic carbocycles. The Morgan fingerprint density at radius 3 is 2.63 bits per heavy atom. The lowest BCUT2D eigenvalue weighted by atomic mass is 9.85. The first kappa shape index (κ1) is 14.1. The van der Waals surface area contributed by atoms with Gasteiger partial charge in [-0.05, 0) is 45.2 Å². The monoisotopic (exact) mass is 261 g/mol. The molecular formula is C16H23NO2. The average molecular weight is 261 g/mol. The summed E-state index contributed by atoms with van der Waals surface area (Å²) in [5.41, 5.74) is 1.24. The van der Waals surface area contributed by atoms with Crippen LogP contribution in [-0.2, 0) is 4.79 Å². The third-order valence-electron chi connectivity index (χ3n) is 4.63. The number of hydrogen-bond acceptors (Lipinski definition) is 2. The van der Waals surface area contributed by atoms with Crippen molar-refractivity contribution in [2.75, 3.05) is 6.54 Å². The van der Waals surface area contributed by atoms with E-state index in [1.807, 2.05) is 6.07 Å². The molecule has 0 spiro atoms. The van der Waals surface area contributed by atoms with E-state index in [0.717, 1.165) is 13.0 Å². The molecule has 0 aromatic heterocycles. The van der Waals surface area contributed by atoms with Gasteiger partial charge in [-0.15, -0.1) is 0 Å². The normalized spacial score (nSPS) is 24.3. The molecule has 0 radical (unpaired) electrons. The lowest BCUT2D eigenvalue weighted by molar-refractivity contribution is -0.138. The quantitative estimate of drug-likeness (QED) is 0.904. The summed E-state index contributed by atoms with van der Waals surface area (Å²) < 4.78 is 0. The van der Waals surface area contributed by atoms with Gasteiger partial charge >= 0.3 is 5.97 Å². The highest BCUT2D eigenvalue weighted by molar-refractivity contribution is 5.67. The van der Waals surface area contributed by atoms with Gasteiger partial charge in [0.05, 0.1) is 0 Å². The highest BCUT2D eigenvalue weighted by atomic mass is 16.4. The minimum Gasteiger partial charge on any atom is -0.481 e. The van der Waals surface area contributed by atoms with Crippen molar-refractivity contribution in [3.63, 3.8) is 0 Å². The van der Waals surface area contributed by atoms with E-state index in [0.29, 0.717) is 6.04 Å². The van der Waals surface area contributed by atoms with Gasteiger partial charge in [-0.3, -0.25) is 9.69 Å². The van der Waals surface area contributed by atoms with Crippen LogP contribution in [0.3, 0.4) is 0 Å². The second-order valence-electron chi connectivity index (χ2n) is 6.02. The molecule has 0 saturated carbocycles. The molecule has 0 amide bonds. The van der Waals surface area contributed by atoms with Gasteiger partial charge in [0, 0.05) is 18.0 Å². The maximum Gasteiger partial charge on any atom is 0.303 e. The molecule has 1 fully saturated rings. The number of likely N-dealkylation sites (tertiary alicyclic amines) is 1. The van der Waals surface area contributed by atoms with Crippen LogP contribution in [0.1, 0.15) is 45.2 Å². The molecule has 3 nitrogen and oxygen atoms in total. The zero-order valence-electron chi connectivity index (χ0n) is 12.0. The van der Waals surface area contributed by atoms with Crippen molar-refractivity contribution in [1.29, 1.82) is 0 Å². The fraction of sp³-hybridized carbons (Fsp3) is 0.562. The van der Waals surface area contributed by atoms with Gasteiger partial charge < -0.3 is 5.11 Å².